The fourth-order valence-electron chi connectivity index (χ4n) is 1.76. The van der Waals surface area contributed by atoms with E-state index in [4.69, 9.17) is 0 Å². The monoisotopic (exact) mass is 241 g/mol. The SMILES string of the molecule is c1ccc2c(NCc3cscn3)ccnc2c1. The largest absolute Gasteiger partial charge is 0.379 e. The van der Waals surface area contributed by atoms with Gasteiger partial charge in [0.1, 0.15) is 0 Å². The van der Waals surface area contributed by atoms with Crippen LogP contribution in [0.15, 0.2) is 47.4 Å². The fourth-order valence-corrected chi connectivity index (χ4v) is 2.32. The van der Waals surface area contributed by atoms with Gasteiger partial charge in [-0.05, 0) is 12.1 Å². The first kappa shape index (κ1) is 10.2. The number of hydrogen-bond donors (Lipinski definition) is 1. The van der Waals surface area contributed by atoms with Crippen LogP contribution >= 0.6 is 11.3 Å². The lowest BCUT2D eigenvalue weighted by Gasteiger charge is -2.07. The lowest BCUT2D eigenvalue weighted by Crippen LogP contribution is -2.00. The van der Waals surface area contributed by atoms with E-state index >= 15 is 0 Å². The fraction of sp³-hybridized carbons (Fsp3) is 0.0769. The molecule has 3 nitrogen and oxygen atoms in total. The maximum absolute atomic E-state index is 4.33. The molecule has 2 aromatic heterocycles. The van der Waals surface area contributed by atoms with Gasteiger partial charge in [0.05, 0.1) is 23.3 Å². The number of hydrogen-bond acceptors (Lipinski definition) is 4. The summed E-state index contributed by atoms with van der Waals surface area (Å²) in [5.74, 6) is 0. The first-order valence-electron chi connectivity index (χ1n) is 5.38. The molecule has 0 aliphatic rings. The Morgan fingerprint density at radius 2 is 2.06 bits per heavy atom. The summed E-state index contributed by atoms with van der Waals surface area (Å²) in [4.78, 5) is 8.59. The summed E-state index contributed by atoms with van der Waals surface area (Å²) in [6.07, 6.45) is 1.83. The Kier molecular flexibility index (Phi) is 2.71. The van der Waals surface area contributed by atoms with Gasteiger partial charge >= 0.3 is 0 Å². The summed E-state index contributed by atoms with van der Waals surface area (Å²) < 4.78 is 0. The van der Waals surface area contributed by atoms with Crippen LogP contribution in [0.25, 0.3) is 10.9 Å². The highest BCUT2D eigenvalue weighted by molar-refractivity contribution is 7.07. The number of benzene rings is 1. The molecule has 0 bridgehead atoms. The molecule has 0 unspecified atom stereocenters. The maximum Gasteiger partial charge on any atom is 0.0795 e. The Hall–Kier alpha value is -1.94. The van der Waals surface area contributed by atoms with Gasteiger partial charge in [-0.25, -0.2) is 4.98 Å². The molecule has 3 rings (SSSR count). The van der Waals surface area contributed by atoms with E-state index < -0.39 is 0 Å². The molecule has 0 saturated heterocycles. The average Bonchev–Trinajstić information content (AvgIpc) is 2.89. The van der Waals surface area contributed by atoms with Crippen LogP contribution in [0.5, 0.6) is 0 Å². The van der Waals surface area contributed by atoms with Crippen LogP contribution in [0.2, 0.25) is 0 Å². The standard InChI is InChI=1S/C13H11N3S/c1-2-4-12-11(3-1)13(5-6-14-12)15-7-10-8-17-9-16-10/h1-6,8-9H,7H2,(H,14,15). The lowest BCUT2D eigenvalue weighted by atomic mass is 10.2. The van der Waals surface area contributed by atoms with Crippen LogP contribution in [0, 0.1) is 0 Å². The number of anilines is 1. The summed E-state index contributed by atoms with van der Waals surface area (Å²) in [6.45, 7) is 0.748. The number of thiazole rings is 1. The van der Waals surface area contributed by atoms with Crippen LogP contribution in [0.1, 0.15) is 5.69 Å². The number of fused-ring (bicyclic) bond motifs is 1. The number of rotatable bonds is 3. The van der Waals surface area contributed by atoms with E-state index in [0.717, 1.165) is 28.8 Å². The zero-order chi connectivity index (χ0) is 11.5. The quantitative estimate of drug-likeness (QED) is 0.764. The minimum absolute atomic E-state index is 0.748. The van der Waals surface area contributed by atoms with Gasteiger partial charge in [0.25, 0.3) is 0 Å². The number of nitrogens with one attached hydrogen (secondary N) is 1. The average molecular weight is 241 g/mol. The van der Waals surface area contributed by atoms with E-state index in [-0.39, 0.29) is 0 Å². The molecule has 0 radical (unpaired) electrons. The minimum Gasteiger partial charge on any atom is -0.379 e. The molecule has 17 heavy (non-hydrogen) atoms. The summed E-state index contributed by atoms with van der Waals surface area (Å²) in [7, 11) is 0. The van der Waals surface area contributed by atoms with E-state index in [2.05, 4.69) is 26.7 Å². The zero-order valence-electron chi connectivity index (χ0n) is 9.13. The van der Waals surface area contributed by atoms with Crippen molar-refractivity contribution in [3.05, 3.63) is 53.1 Å². The summed E-state index contributed by atoms with van der Waals surface area (Å²) in [6, 6.07) is 10.1. The molecule has 0 saturated carbocycles. The van der Waals surface area contributed by atoms with Gasteiger partial charge in [0, 0.05) is 22.7 Å². The van der Waals surface area contributed by atoms with Crippen molar-refractivity contribution in [2.45, 2.75) is 6.54 Å². The smallest absolute Gasteiger partial charge is 0.0795 e. The second-order valence-corrected chi connectivity index (χ2v) is 4.43. The van der Waals surface area contributed by atoms with Crippen molar-refractivity contribution in [3.8, 4) is 0 Å². The van der Waals surface area contributed by atoms with Gasteiger partial charge in [0.15, 0.2) is 0 Å². The molecule has 3 aromatic rings. The highest BCUT2D eigenvalue weighted by atomic mass is 32.1. The van der Waals surface area contributed by atoms with E-state index in [0.29, 0.717) is 0 Å². The van der Waals surface area contributed by atoms with Gasteiger partial charge < -0.3 is 5.32 Å². The molecule has 84 valence electrons. The molecule has 1 aromatic carbocycles. The first-order valence-corrected chi connectivity index (χ1v) is 6.32. The molecular formula is C13H11N3S. The van der Waals surface area contributed by atoms with Crippen LogP contribution in [-0.2, 0) is 6.54 Å². The van der Waals surface area contributed by atoms with Crippen molar-refractivity contribution >= 4 is 27.9 Å². The van der Waals surface area contributed by atoms with Crippen molar-refractivity contribution in [1.82, 2.24) is 9.97 Å². The Labute approximate surface area is 103 Å². The Balaban J connectivity index is 1.90. The van der Waals surface area contributed by atoms with Crippen LogP contribution < -0.4 is 5.32 Å². The Morgan fingerprint density at radius 3 is 2.94 bits per heavy atom. The lowest BCUT2D eigenvalue weighted by molar-refractivity contribution is 1.08. The number of nitrogens with zero attached hydrogens (tertiary/aromatic N) is 2. The van der Waals surface area contributed by atoms with Crippen molar-refractivity contribution in [2.75, 3.05) is 5.32 Å². The number of para-hydroxylation sites is 1. The zero-order valence-corrected chi connectivity index (χ0v) is 9.95. The minimum atomic E-state index is 0.748. The third kappa shape index (κ3) is 2.12. The predicted octanol–water partition coefficient (Wildman–Crippen LogP) is 3.30. The molecule has 0 aliphatic carbocycles. The van der Waals surface area contributed by atoms with Gasteiger partial charge in [-0.15, -0.1) is 11.3 Å². The molecule has 0 aliphatic heterocycles. The van der Waals surface area contributed by atoms with E-state index in [1.807, 2.05) is 36.0 Å². The molecule has 4 heteroatoms. The van der Waals surface area contributed by atoms with Gasteiger partial charge in [-0.2, -0.15) is 0 Å². The molecular weight excluding hydrogens is 230 g/mol. The molecule has 1 N–H and O–H groups in total. The highest BCUT2D eigenvalue weighted by Gasteiger charge is 2.01. The van der Waals surface area contributed by atoms with Crippen molar-refractivity contribution < 1.29 is 0 Å². The predicted molar refractivity (Wildman–Crippen MR) is 71.2 cm³/mol. The Bertz CT molecular complexity index is 614. The van der Waals surface area contributed by atoms with Crippen LogP contribution in [0.4, 0.5) is 5.69 Å². The second kappa shape index (κ2) is 4.51. The topological polar surface area (TPSA) is 37.8 Å². The molecule has 0 spiro atoms. The summed E-state index contributed by atoms with van der Waals surface area (Å²) in [5, 5.41) is 6.59. The van der Waals surface area contributed by atoms with Gasteiger partial charge in [-0.3, -0.25) is 4.98 Å². The van der Waals surface area contributed by atoms with E-state index in [1.165, 1.54) is 0 Å². The summed E-state index contributed by atoms with van der Waals surface area (Å²) >= 11 is 1.61. The number of pyridine rings is 1. The van der Waals surface area contributed by atoms with Gasteiger partial charge in [-0.1, -0.05) is 18.2 Å². The molecule has 0 amide bonds. The first-order chi connectivity index (χ1) is 8.43. The molecule has 2 heterocycles. The summed E-state index contributed by atoms with van der Waals surface area (Å²) in [5.41, 5.74) is 5.03. The molecule has 0 fully saturated rings. The van der Waals surface area contributed by atoms with Gasteiger partial charge in [0.2, 0.25) is 0 Å². The second-order valence-electron chi connectivity index (χ2n) is 3.71. The normalized spacial score (nSPS) is 10.6. The van der Waals surface area contributed by atoms with Crippen molar-refractivity contribution in [1.29, 1.82) is 0 Å². The van der Waals surface area contributed by atoms with Crippen LogP contribution in [-0.4, -0.2) is 9.97 Å². The van der Waals surface area contributed by atoms with Crippen molar-refractivity contribution in [2.24, 2.45) is 0 Å². The molecule has 0 atom stereocenters. The van der Waals surface area contributed by atoms with Crippen LogP contribution in [0.3, 0.4) is 0 Å². The van der Waals surface area contributed by atoms with E-state index in [9.17, 15) is 0 Å². The number of aromatic nitrogens is 2. The van der Waals surface area contributed by atoms with Crippen molar-refractivity contribution in [3.63, 3.8) is 0 Å². The third-order valence-electron chi connectivity index (χ3n) is 2.59. The Morgan fingerprint density at radius 1 is 1.12 bits per heavy atom. The maximum atomic E-state index is 4.33. The third-order valence-corrected chi connectivity index (χ3v) is 3.23. The van der Waals surface area contributed by atoms with E-state index in [1.54, 1.807) is 11.3 Å². The highest BCUT2D eigenvalue weighted by Crippen LogP contribution is 2.21.